The molecule has 0 aliphatic rings. The Bertz CT molecular complexity index is 1160. The maximum atomic E-state index is 12.4. The minimum absolute atomic E-state index is 0.141. The van der Waals surface area contributed by atoms with Crippen LogP contribution in [0.3, 0.4) is 0 Å². The van der Waals surface area contributed by atoms with E-state index >= 15 is 0 Å². The van der Waals surface area contributed by atoms with Crippen LogP contribution in [0.4, 0.5) is 17.1 Å². The van der Waals surface area contributed by atoms with Crippen molar-refractivity contribution in [3.05, 3.63) is 92.5 Å². The van der Waals surface area contributed by atoms with Gasteiger partial charge in [-0.3, -0.25) is 19.7 Å². The number of rotatable bonds is 7. The van der Waals surface area contributed by atoms with Gasteiger partial charge in [0.25, 0.3) is 11.6 Å². The van der Waals surface area contributed by atoms with Gasteiger partial charge < -0.3 is 10.6 Å². The van der Waals surface area contributed by atoms with E-state index in [1.807, 2.05) is 0 Å². The third-order valence-corrected chi connectivity index (χ3v) is 5.72. The van der Waals surface area contributed by atoms with Gasteiger partial charge >= 0.3 is 0 Å². The molecule has 0 heterocycles. The predicted molar refractivity (Wildman–Crippen MR) is 123 cm³/mol. The van der Waals surface area contributed by atoms with Crippen molar-refractivity contribution in [2.75, 3.05) is 16.4 Å². The highest BCUT2D eigenvalue weighted by Crippen LogP contribution is 2.26. The number of nitro benzene ring substituents is 1. The van der Waals surface area contributed by atoms with Crippen LogP contribution in [0.15, 0.2) is 71.6 Å². The molecule has 0 saturated carbocycles. The molecule has 158 valence electrons. The van der Waals surface area contributed by atoms with Gasteiger partial charge in [-0.15, -0.1) is 11.8 Å². The molecule has 3 aromatic rings. The van der Waals surface area contributed by atoms with Crippen molar-refractivity contribution in [1.29, 1.82) is 0 Å². The van der Waals surface area contributed by atoms with Crippen LogP contribution in [-0.2, 0) is 4.79 Å². The summed E-state index contributed by atoms with van der Waals surface area (Å²) in [5, 5.41) is 17.1. The molecular weight excluding hydrogens is 461 g/mol. The molecule has 0 atom stereocenters. The van der Waals surface area contributed by atoms with E-state index in [4.69, 9.17) is 23.2 Å². The Morgan fingerprint density at radius 2 is 1.65 bits per heavy atom. The van der Waals surface area contributed by atoms with Gasteiger partial charge in [0.15, 0.2) is 0 Å². The normalized spacial score (nSPS) is 10.4. The molecule has 0 radical (unpaired) electrons. The first kappa shape index (κ1) is 22.6. The second kappa shape index (κ2) is 10.3. The maximum absolute atomic E-state index is 12.4. The summed E-state index contributed by atoms with van der Waals surface area (Å²) in [5.74, 6) is -0.555. The summed E-state index contributed by atoms with van der Waals surface area (Å²) in [6, 6.07) is 17.2. The zero-order valence-electron chi connectivity index (χ0n) is 15.8. The molecule has 0 aliphatic carbocycles. The summed E-state index contributed by atoms with van der Waals surface area (Å²) in [4.78, 5) is 35.7. The summed E-state index contributed by atoms with van der Waals surface area (Å²) >= 11 is 13.1. The van der Waals surface area contributed by atoms with Crippen LogP contribution in [0, 0.1) is 10.1 Å². The van der Waals surface area contributed by atoms with Gasteiger partial charge in [-0.05, 0) is 42.5 Å². The van der Waals surface area contributed by atoms with Crippen LogP contribution in [0.25, 0.3) is 0 Å². The van der Waals surface area contributed by atoms with E-state index in [0.29, 0.717) is 21.4 Å². The Morgan fingerprint density at radius 3 is 2.39 bits per heavy atom. The zero-order chi connectivity index (χ0) is 22.4. The van der Waals surface area contributed by atoms with Crippen LogP contribution < -0.4 is 10.6 Å². The van der Waals surface area contributed by atoms with Crippen LogP contribution >= 0.6 is 35.0 Å². The van der Waals surface area contributed by atoms with Crippen molar-refractivity contribution >= 4 is 63.8 Å². The minimum Gasteiger partial charge on any atom is -0.325 e. The number of amides is 2. The maximum Gasteiger partial charge on any atom is 0.270 e. The average Bonchev–Trinajstić information content (AvgIpc) is 2.75. The van der Waals surface area contributed by atoms with E-state index in [1.165, 1.54) is 36.0 Å². The average molecular weight is 476 g/mol. The van der Waals surface area contributed by atoms with Crippen LogP contribution in [0.5, 0.6) is 0 Å². The molecule has 31 heavy (non-hydrogen) atoms. The standard InChI is InChI=1S/C21H15Cl2N3O4S/c22-18-8-7-15(11-19(18)23)24-20(27)12-31-17-6-2-4-14(10-17)25-21(28)13-3-1-5-16(9-13)26(29)30/h1-11H,12H2,(H,24,27)(H,25,28). The van der Waals surface area contributed by atoms with Crippen LogP contribution in [-0.4, -0.2) is 22.5 Å². The quantitative estimate of drug-likeness (QED) is 0.252. The molecule has 2 N–H and O–H groups in total. The third kappa shape index (κ3) is 6.45. The second-order valence-corrected chi connectivity index (χ2v) is 8.12. The molecular formula is C21H15Cl2N3O4S. The van der Waals surface area contributed by atoms with Gasteiger partial charge in [0, 0.05) is 34.0 Å². The van der Waals surface area contributed by atoms with E-state index in [9.17, 15) is 19.7 Å². The lowest BCUT2D eigenvalue weighted by molar-refractivity contribution is -0.384. The van der Waals surface area contributed by atoms with Gasteiger partial charge in [-0.25, -0.2) is 0 Å². The third-order valence-electron chi connectivity index (χ3n) is 3.98. The number of carbonyl (C=O) groups is 2. The van der Waals surface area contributed by atoms with Crippen molar-refractivity contribution in [2.45, 2.75) is 4.90 Å². The number of anilines is 2. The lowest BCUT2D eigenvalue weighted by Crippen LogP contribution is -2.14. The fourth-order valence-electron chi connectivity index (χ4n) is 2.55. The number of hydrogen-bond acceptors (Lipinski definition) is 5. The molecule has 0 unspecified atom stereocenters. The number of nitrogens with one attached hydrogen (secondary N) is 2. The molecule has 0 aromatic heterocycles. The van der Waals surface area contributed by atoms with E-state index in [1.54, 1.807) is 42.5 Å². The number of nitro groups is 1. The summed E-state index contributed by atoms with van der Waals surface area (Å²) in [5.41, 5.74) is 1.06. The first-order chi connectivity index (χ1) is 14.8. The largest absolute Gasteiger partial charge is 0.325 e. The van der Waals surface area contributed by atoms with E-state index in [0.717, 1.165) is 4.90 Å². The summed E-state index contributed by atoms with van der Waals surface area (Å²) in [6.07, 6.45) is 0. The lowest BCUT2D eigenvalue weighted by atomic mass is 10.2. The highest BCUT2D eigenvalue weighted by molar-refractivity contribution is 8.00. The van der Waals surface area contributed by atoms with Crippen LogP contribution in [0.1, 0.15) is 10.4 Å². The number of non-ortho nitro benzene ring substituents is 1. The molecule has 7 nitrogen and oxygen atoms in total. The van der Waals surface area contributed by atoms with E-state index in [2.05, 4.69) is 10.6 Å². The second-order valence-electron chi connectivity index (χ2n) is 6.26. The van der Waals surface area contributed by atoms with E-state index < -0.39 is 10.8 Å². The topological polar surface area (TPSA) is 101 Å². The van der Waals surface area contributed by atoms with Crippen molar-refractivity contribution in [2.24, 2.45) is 0 Å². The fourth-order valence-corrected chi connectivity index (χ4v) is 3.60. The monoisotopic (exact) mass is 475 g/mol. The Balaban J connectivity index is 1.59. The first-order valence-corrected chi connectivity index (χ1v) is 10.6. The summed E-state index contributed by atoms with van der Waals surface area (Å²) in [7, 11) is 0. The number of thioether (sulfide) groups is 1. The van der Waals surface area contributed by atoms with Crippen LogP contribution in [0.2, 0.25) is 10.0 Å². The molecule has 0 aliphatic heterocycles. The number of benzene rings is 3. The number of nitrogens with zero attached hydrogens (tertiary/aromatic N) is 1. The smallest absolute Gasteiger partial charge is 0.270 e. The predicted octanol–water partition coefficient (Wildman–Crippen LogP) is 5.88. The SMILES string of the molecule is O=C(CSc1cccc(NC(=O)c2cccc([N+](=O)[O-])c2)c1)Nc1ccc(Cl)c(Cl)c1. The molecule has 0 saturated heterocycles. The highest BCUT2D eigenvalue weighted by Gasteiger charge is 2.12. The Kier molecular flexibility index (Phi) is 7.51. The molecule has 10 heteroatoms. The lowest BCUT2D eigenvalue weighted by Gasteiger charge is -2.08. The van der Waals surface area contributed by atoms with Gasteiger partial charge in [0.1, 0.15) is 0 Å². The first-order valence-electron chi connectivity index (χ1n) is 8.85. The van der Waals surface area contributed by atoms with E-state index in [-0.39, 0.29) is 22.9 Å². The zero-order valence-corrected chi connectivity index (χ0v) is 18.1. The summed E-state index contributed by atoms with van der Waals surface area (Å²) in [6.45, 7) is 0. The Morgan fingerprint density at radius 1 is 0.903 bits per heavy atom. The van der Waals surface area contributed by atoms with Crippen molar-refractivity contribution in [3.8, 4) is 0 Å². The van der Waals surface area contributed by atoms with Crippen molar-refractivity contribution in [3.63, 3.8) is 0 Å². The van der Waals surface area contributed by atoms with Gasteiger partial charge in [-0.2, -0.15) is 0 Å². The molecule has 0 spiro atoms. The van der Waals surface area contributed by atoms with Gasteiger partial charge in [0.05, 0.1) is 20.7 Å². The van der Waals surface area contributed by atoms with Gasteiger partial charge in [0.2, 0.25) is 5.91 Å². The number of carbonyl (C=O) groups excluding carboxylic acids is 2. The highest BCUT2D eigenvalue weighted by atomic mass is 35.5. The molecule has 2 amide bonds. The summed E-state index contributed by atoms with van der Waals surface area (Å²) < 4.78 is 0. The fraction of sp³-hybridized carbons (Fsp3) is 0.0476. The molecule has 0 bridgehead atoms. The molecule has 3 aromatic carbocycles. The van der Waals surface area contributed by atoms with Crippen molar-refractivity contribution in [1.82, 2.24) is 0 Å². The molecule has 3 rings (SSSR count). The number of halogens is 2. The Hall–Kier alpha value is -3.07. The van der Waals surface area contributed by atoms with Gasteiger partial charge in [-0.1, -0.05) is 35.3 Å². The number of hydrogen-bond donors (Lipinski definition) is 2. The molecule has 0 fully saturated rings. The minimum atomic E-state index is -0.558. The van der Waals surface area contributed by atoms with Crippen molar-refractivity contribution < 1.29 is 14.5 Å². The Labute approximate surface area is 191 Å².